The van der Waals surface area contributed by atoms with Gasteiger partial charge in [0.2, 0.25) is 6.10 Å². The number of hydrogen-bond donors (Lipinski definition) is 0. The van der Waals surface area contributed by atoms with E-state index in [1.807, 2.05) is 18.2 Å². The molecule has 1 atom stereocenters. The number of nitrogens with zero attached hydrogens (tertiary/aromatic N) is 3. The van der Waals surface area contributed by atoms with Crippen molar-refractivity contribution in [2.24, 2.45) is 7.05 Å². The molecule has 23 heavy (non-hydrogen) atoms. The molecule has 0 bridgehead atoms. The van der Waals surface area contributed by atoms with Crippen molar-refractivity contribution in [2.75, 3.05) is 13.1 Å². The molecule has 1 saturated heterocycles. The minimum atomic E-state index is -0.915. The zero-order chi connectivity index (χ0) is 16.2. The number of hydrogen-bond acceptors (Lipinski definition) is 4. The van der Waals surface area contributed by atoms with E-state index in [4.69, 9.17) is 4.74 Å². The van der Waals surface area contributed by atoms with Gasteiger partial charge in [0.15, 0.2) is 0 Å². The van der Waals surface area contributed by atoms with Crippen molar-refractivity contribution >= 4 is 11.9 Å². The Morgan fingerprint density at radius 1 is 1.17 bits per heavy atom. The van der Waals surface area contributed by atoms with E-state index >= 15 is 0 Å². The highest BCUT2D eigenvalue weighted by molar-refractivity contribution is 5.92. The molecule has 1 aliphatic heterocycles. The Hall–Kier alpha value is -2.63. The predicted octanol–water partition coefficient (Wildman–Crippen LogP) is 1.94. The third kappa shape index (κ3) is 3.41. The van der Waals surface area contributed by atoms with E-state index in [1.54, 1.807) is 30.3 Å². The molecule has 6 nitrogen and oxygen atoms in total. The minimum Gasteiger partial charge on any atom is -0.444 e. The van der Waals surface area contributed by atoms with Gasteiger partial charge in [0.05, 0.1) is 11.8 Å². The van der Waals surface area contributed by atoms with Gasteiger partial charge in [-0.1, -0.05) is 30.3 Å². The second-order valence-electron chi connectivity index (χ2n) is 5.63. The first-order valence-electron chi connectivity index (χ1n) is 7.68. The van der Waals surface area contributed by atoms with Gasteiger partial charge in [-0.3, -0.25) is 9.48 Å². The zero-order valence-corrected chi connectivity index (χ0v) is 13.0. The first kappa shape index (κ1) is 15.3. The van der Waals surface area contributed by atoms with Crippen LogP contribution in [0.2, 0.25) is 0 Å². The number of likely N-dealkylation sites (tertiary alicyclic amines) is 1. The molecular weight excluding hydrogens is 294 g/mol. The lowest BCUT2D eigenvalue weighted by atomic mass is 10.1. The van der Waals surface area contributed by atoms with Crippen LogP contribution in [0.25, 0.3) is 0 Å². The summed E-state index contributed by atoms with van der Waals surface area (Å²) in [6, 6.07) is 9.13. The Morgan fingerprint density at radius 3 is 2.48 bits per heavy atom. The fourth-order valence-corrected chi connectivity index (χ4v) is 2.69. The van der Waals surface area contributed by atoms with Crippen LogP contribution in [0.15, 0.2) is 42.7 Å². The molecule has 0 unspecified atom stereocenters. The van der Waals surface area contributed by atoms with Gasteiger partial charge >= 0.3 is 5.97 Å². The summed E-state index contributed by atoms with van der Waals surface area (Å²) in [4.78, 5) is 26.8. The van der Waals surface area contributed by atoms with Crippen molar-refractivity contribution in [3.05, 3.63) is 53.9 Å². The highest BCUT2D eigenvalue weighted by atomic mass is 16.5. The van der Waals surface area contributed by atoms with E-state index in [9.17, 15) is 9.59 Å². The SMILES string of the molecule is Cn1cc(C(=O)O[C@@H](C(=O)N2CCCC2)c2ccccc2)cn1. The van der Waals surface area contributed by atoms with Gasteiger partial charge in [-0.15, -0.1) is 0 Å². The lowest BCUT2D eigenvalue weighted by molar-refractivity contribution is -0.140. The standard InChI is InChI=1S/C17H19N3O3/c1-19-12-14(11-18-19)17(22)23-15(13-7-3-2-4-8-13)16(21)20-9-5-6-10-20/h2-4,7-8,11-12,15H,5-6,9-10H2,1H3/t15-/m1/s1. The van der Waals surface area contributed by atoms with Crippen molar-refractivity contribution in [1.82, 2.24) is 14.7 Å². The number of rotatable bonds is 4. The Labute approximate surface area is 134 Å². The fourth-order valence-electron chi connectivity index (χ4n) is 2.69. The number of esters is 1. The molecule has 1 aromatic heterocycles. The molecule has 2 heterocycles. The first-order chi connectivity index (χ1) is 11.1. The largest absolute Gasteiger partial charge is 0.444 e. The smallest absolute Gasteiger partial charge is 0.342 e. The van der Waals surface area contributed by atoms with E-state index in [2.05, 4.69) is 5.10 Å². The van der Waals surface area contributed by atoms with E-state index in [0.717, 1.165) is 12.8 Å². The molecule has 6 heteroatoms. The highest BCUT2D eigenvalue weighted by Crippen LogP contribution is 2.24. The van der Waals surface area contributed by atoms with Crippen molar-refractivity contribution in [2.45, 2.75) is 18.9 Å². The average molecular weight is 313 g/mol. The van der Waals surface area contributed by atoms with Gasteiger partial charge in [0, 0.05) is 31.9 Å². The lowest BCUT2D eigenvalue weighted by Crippen LogP contribution is -2.34. The Morgan fingerprint density at radius 2 is 1.87 bits per heavy atom. The summed E-state index contributed by atoms with van der Waals surface area (Å²) < 4.78 is 7.05. The Balaban J connectivity index is 1.83. The van der Waals surface area contributed by atoms with E-state index in [-0.39, 0.29) is 5.91 Å². The summed E-state index contributed by atoms with van der Waals surface area (Å²) in [5.74, 6) is -0.703. The van der Waals surface area contributed by atoms with Crippen molar-refractivity contribution < 1.29 is 14.3 Å². The molecule has 0 N–H and O–H groups in total. The minimum absolute atomic E-state index is 0.161. The van der Waals surface area contributed by atoms with Crippen LogP contribution in [-0.2, 0) is 16.6 Å². The van der Waals surface area contributed by atoms with Gasteiger partial charge in [0.1, 0.15) is 0 Å². The number of carbonyl (C=O) groups excluding carboxylic acids is 2. The van der Waals surface area contributed by atoms with Crippen molar-refractivity contribution in [3.8, 4) is 0 Å². The number of aromatic nitrogens is 2. The molecule has 120 valence electrons. The van der Waals surface area contributed by atoms with E-state index in [0.29, 0.717) is 24.2 Å². The van der Waals surface area contributed by atoms with Crippen molar-refractivity contribution in [3.63, 3.8) is 0 Å². The molecule has 0 radical (unpaired) electrons. The topological polar surface area (TPSA) is 64.4 Å². The summed E-state index contributed by atoms with van der Waals surface area (Å²) in [7, 11) is 1.72. The summed E-state index contributed by atoms with van der Waals surface area (Å²) in [5, 5.41) is 3.96. The first-order valence-corrected chi connectivity index (χ1v) is 7.68. The quantitative estimate of drug-likeness (QED) is 0.809. The molecule has 3 rings (SSSR count). The van der Waals surface area contributed by atoms with E-state index < -0.39 is 12.1 Å². The van der Waals surface area contributed by atoms with Crippen molar-refractivity contribution in [1.29, 1.82) is 0 Å². The molecule has 2 aromatic rings. The average Bonchev–Trinajstić information content (AvgIpc) is 3.24. The monoisotopic (exact) mass is 313 g/mol. The van der Waals surface area contributed by atoms with Crippen LogP contribution >= 0.6 is 0 Å². The number of aryl methyl sites for hydroxylation is 1. The summed E-state index contributed by atoms with van der Waals surface area (Å²) in [6.07, 6.45) is 4.07. The van der Waals surface area contributed by atoms with Crippen LogP contribution in [0.1, 0.15) is 34.9 Å². The van der Waals surface area contributed by atoms with Crippen LogP contribution in [-0.4, -0.2) is 39.6 Å². The molecule has 0 spiro atoms. The normalized spacial score (nSPS) is 15.4. The highest BCUT2D eigenvalue weighted by Gasteiger charge is 2.31. The summed E-state index contributed by atoms with van der Waals surface area (Å²) >= 11 is 0. The Bertz CT molecular complexity index is 690. The second kappa shape index (κ2) is 6.64. The molecule has 1 amide bonds. The van der Waals surface area contributed by atoms with Gasteiger partial charge < -0.3 is 9.64 Å². The van der Waals surface area contributed by atoms with Crippen LogP contribution < -0.4 is 0 Å². The molecule has 1 fully saturated rings. The molecule has 0 aliphatic carbocycles. The number of benzene rings is 1. The molecule has 0 saturated carbocycles. The number of amides is 1. The number of carbonyl (C=O) groups is 2. The zero-order valence-electron chi connectivity index (χ0n) is 13.0. The van der Waals surface area contributed by atoms with Crippen LogP contribution in [0.5, 0.6) is 0 Å². The molecule has 1 aromatic carbocycles. The Kier molecular flexibility index (Phi) is 4.41. The van der Waals surface area contributed by atoms with E-state index in [1.165, 1.54) is 10.9 Å². The predicted molar refractivity (Wildman–Crippen MR) is 83.6 cm³/mol. The second-order valence-corrected chi connectivity index (χ2v) is 5.63. The number of ether oxygens (including phenoxy) is 1. The molecular formula is C17H19N3O3. The fraction of sp³-hybridized carbons (Fsp3) is 0.353. The maximum absolute atomic E-state index is 12.7. The third-order valence-electron chi connectivity index (χ3n) is 3.91. The summed E-state index contributed by atoms with van der Waals surface area (Å²) in [6.45, 7) is 1.43. The van der Waals surface area contributed by atoms with Gasteiger partial charge in [-0.05, 0) is 12.8 Å². The van der Waals surface area contributed by atoms with Crippen LogP contribution in [0.4, 0.5) is 0 Å². The van der Waals surface area contributed by atoms with Crippen LogP contribution in [0, 0.1) is 0 Å². The van der Waals surface area contributed by atoms with Crippen LogP contribution in [0.3, 0.4) is 0 Å². The summed E-state index contributed by atoms with van der Waals surface area (Å²) in [5.41, 5.74) is 1.02. The lowest BCUT2D eigenvalue weighted by Gasteiger charge is -2.23. The maximum Gasteiger partial charge on any atom is 0.342 e. The maximum atomic E-state index is 12.7. The van der Waals surface area contributed by atoms with Gasteiger partial charge in [-0.25, -0.2) is 4.79 Å². The van der Waals surface area contributed by atoms with Gasteiger partial charge in [-0.2, -0.15) is 5.10 Å². The molecule has 1 aliphatic rings. The van der Waals surface area contributed by atoms with Gasteiger partial charge in [0.25, 0.3) is 5.91 Å². The third-order valence-corrected chi connectivity index (χ3v) is 3.91.